The van der Waals surface area contributed by atoms with E-state index in [1.165, 1.54) is 6.42 Å². The van der Waals surface area contributed by atoms with Gasteiger partial charge < -0.3 is 24.5 Å². The SMILES string of the molecule is CC[C@H](C)[C@H](CO)N1C(=O)[C@@H]2[C@@H]3C(=O)N(c4ccccc4)CC=C[C@@H]3O[C@@]23C=CCN(C2CCCCC2)C(=O)C13. The molecule has 2 saturated heterocycles. The van der Waals surface area contributed by atoms with Gasteiger partial charge in [-0.15, -0.1) is 0 Å². The second-order valence-electron chi connectivity index (χ2n) is 12.1. The number of nitrogens with zero attached hydrogens (tertiary/aromatic N) is 3. The molecule has 1 aliphatic carbocycles. The molecule has 8 nitrogen and oxygen atoms in total. The van der Waals surface area contributed by atoms with E-state index in [1.807, 2.05) is 73.4 Å². The lowest BCUT2D eigenvalue weighted by molar-refractivity contribution is -0.153. The van der Waals surface area contributed by atoms with Gasteiger partial charge in [0.2, 0.25) is 17.7 Å². The van der Waals surface area contributed by atoms with Crippen LogP contribution in [-0.4, -0.2) is 82.2 Å². The summed E-state index contributed by atoms with van der Waals surface area (Å²) in [7, 11) is 0. The summed E-state index contributed by atoms with van der Waals surface area (Å²) in [5, 5.41) is 10.6. The molecule has 1 unspecified atom stereocenters. The molecule has 214 valence electrons. The number of para-hydroxylation sites is 1. The molecule has 0 bridgehead atoms. The molecule has 0 radical (unpaired) electrons. The van der Waals surface area contributed by atoms with E-state index in [0.29, 0.717) is 13.1 Å². The molecule has 3 fully saturated rings. The predicted molar refractivity (Wildman–Crippen MR) is 151 cm³/mol. The van der Waals surface area contributed by atoms with Gasteiger partial charge in [-0.2, -0.15) is 0 Å². The highest BCUT2D eigenvalue weighted by molar-refractivity contribution is 6.04. The predicted octanol–water partition coefficient (Wildman–Crippen LogP) is 3.31. The van der Waals surface area contributed by atoms with Crippen molar-refractivity contribution in [3.8, 4) is 0 Å². The molecule has 5 aliphatic rings. The maximum absolute atomic E-state index is 14.6. The summed E-state index contributed by atoms with van der Waals surface area (Å²) in [6.45, 7) is 4.63. The number of ether oxygens (including phenoxy) is 1. The van der Waals surface area contributed by atoms with E-state index in [1.54, 1.807) is 9.80 Å². The number of hydrogen-bond acceptors (Lipinski definition) is 5. The van der Waals surface area contributed by atoms with Gasteiger partial charge in [0.25, 0.3) is 0 Å². The smallest absolute Gasteiger partial charge is 0.249 e. The highest BCUT2D eigenvalue weighted by Crippen LogP contribution is 2.54. The quantitative estimate of drug-likeness (QED) is 0.552. The maximum atomic E-state index is 14.6. The van der Waals surface area contributed by atoms with Crippen LogP contribution in [0.5, 0.6) is 0 Å². The average Bonchev–Trinajstić information content (AvgIpc) is 3.29. The Morgan fingerprint density at radius 3 is 2.45 bits per heavy atom. The molecule has 1 spiro atoms. The van der Waals surface area contributed by atoms with Crippen LogP contribution in [-0.2, 0) is 19.1 Å². The van der Waals surface area contributed by atoms with E-state index < -0.39 is 35.6 Å². The van der Waals surface area contributed by atoms with Crippen LogP contribution in [0.2, 0.25) is 0 Å². The third-order valence-electron chi connectivity index (χ3n) is 10.1. The van der Waals surface area contributed by atoms with Crippen molar-refractivity contribution in [2.24, 2.45) is 17.8 Å². The number of aliphatic hydroxyl groups is 1. The number of hydrogen-bond donors (Lipinski definition) is 1. The molecule has 3 amide bonds. The van der Waals surface area contributed by atoms with E-state index in [2.05, 4.69) is 0 Å². The molecule has 1 aromatic carbocycles. The zero-order valence-corrected chi connectivity index (χ0v) is 23.5. The summed E-state index contributed by atoms with van der Waals surface area (Å²) in [6, 6.07) is 8.14. The normalized spacial score (nSPS) is 33.9. The number of likely N-dealkylation sites (tertiary alicyclic amines) is 1. The zero-order valence-electron chi connectivity index (χ0n) is 23.5. The molecule has 4 heterocycles. The lowest BCUT2D eigenvalue weighted by Gasteiger charge is -2.42. The van der Waals surface area contributed by atoms with Gasteiger partial charge in [0, 0.05) is 24.8 Å². The molecule has 7 atom stereocenters. The van der Waals surface area contributed by atoms with Crippen molar-refractivity contribution in [2.75, 3.05) is 24.6 Å². The summed E-state index contributed by atoms with van der Waals surface area (Å²) in [4.78, 5) is 48.8. The highest BCUT2D eigenvalue weighted by Gasteiger charge is 2.73. The van der Waals surface area contributed by atoms with Gasteiger partial charge in [-0.1, -0.05) is 82.0 Å². The zero-order chi connectivity index (χ0) is 28.0. The Hall–Kier alpha value is -2.97. The van der Waals surface area contributed by atoms with Gasteiger partial charge in [0.05, 0.1) is 30.6 Å². The first-order valence-electron chi connectivity index (χ1n) is 15.0. The van der Waals surface area contributed by atoms with Crippen LogP contribution >= 0.6 is 0 Å². The van der Waals surface area contributed by atoms with E-state index in [-0.39, 0.29) is 36.3 Å². The topological polar surface area (TPSA) is 90.4 Å². The standard InChI is InChI=1S/C32H41N3O5/c1-3-21(2)24(20-36)35-28-31(39)34(23-14-8-5-9-15-23)19-11-17-32(28)27(30(35)38)26-25(40-32)16-10-18-33(29(26)37)22-12-6-4-7-13-22/h4,6-7,10-13,16-17,21,23-28,36H,3,5,8-9,14-15,18-20H2,1-2H3/t21-,24-,25-,26+,27-,28?,32-/m0/s1. The fourth-order valence-electron chi connectivity index (χ4n) is 7.83. The van der Waals surface area contributed by atoms with Crippen molar-refractivity contribution in [3.63, 3.8) is 0 Å². The molecule has 0 aromatic heterocycles. The minimum Gasteiger partial charge on any atom is -0.394 e. The Balaban J connectivity index is 1.45. The lowest BCUT2D eigenvalue weighted by atomic mass is 9.77. The number of aliphatic hydroxyl groups excluding tert-OH is 1. The summed E-state index contributed by atoms with van der Waals surface area (Å²) < 4.78 is 6.80. The fraction of sp³-hybridized carbons (Fsp3) is 0.594. The summed E-state index contributed by atoms with van der Waals surface area (Å²) in [5.74, 6) is -2.22. The second kappa shape index (κ2) is 10.8. The van der Waals surface area contributed by atoms with Gasteiger partial charge in [-0.3, -0.25) is 14.4 Å². The van der Waals surface area contributed by atoms with Gasteiger partial charge >= 0.3 is 0 Å². The molecule has 1 aromatic rings. The minimum absolute atomic E-state index is 0.0330. The van der Waals surface area contributed by atoms with Gasteiger partial charge in [0.1, 0.15) is 11.6 Å². The number of anilines is 1. The number of rotatable bonds is 6. The number of carbonyl (C=O) groups is 3. The molecule has 40 heavy (non-hydrogen) atoms. The minimum atomic E-state index is -1.27. The molecule has 1 saturated carbocycles. The highest BCUT2D eigenvalue weighted by atomic mass is 16.5. The molecule has 4 aliphatic heterocycles. The lowest BCUT2D eigenvalue weighted by Crippen LogP contribution is -2.60. The van der Waals surface area contributed by atoms with Crippen LogP contribution in [0.15, 0.2) is 54.6 Å². The van der Waals surface area contributed by atoms with Crippen molar-refractivity contribution < 1.29 is 24.2 Å². The third-order valence-corrected chi connectivity index (χ3v) is 10.1. The Labute approximate surface area is 236 Å². The maximum Gasteiger partial charge on any atom is 0.249 e. The molecule has 1 N–H and O–H groups in total. The average molecular weight is 548 g/mol. The van der Waals surface area contributed by atoms with Crippen LogP contribution < -0.4 is 4.90 Å². The first kappa shape index (κ1) is 27.2. The molecule has 6 rings (SSSR count). The van der Waals surface area contributed by atoms with Crippen LogP contribution in [0.1, 0.15) is 52.4 Å². The van der Waals surface area contributed by atoms with Crippen LogP contribution in [0, 0.1) is 17.8 Å². The Kier molecular flexibility index (Phi) is 7.34. The van der Waals surface area contributed by atoms with Gasteiger partial charge in [0.15, 0.2) is 0 Å². The molecular formula is C32H41N3O5. The van der Waals surface area contributed by atoms with E-state index in [0.717, 1.165) is 37.8 Å². The number of amides is 3. The van der Waals surface area contributed by atoms with Crippen LogP contribution in [0.4, 0.5) is 5.69 Å². The van der Waals surface area contributed by atoms with Crippen molar-refractivity contribution >= 4 is 23.4 Å². The Morgan fingerprint density at radius 2 is 1.75 bits per heavy atom. The summed E-state index contributed by atoms with van der Waals surface area (Å²) >= 11 is 0. The summed E-state index contributed by atoms with van der Waals surface area (Å²) in [6.07, 6.45) is 13.1. The number of benzene rings is 1. The first-order valence-corrected chi connectivity index (χ1v) is 15.0. The Morgan fingerprint density at radius 1 is 1.00 bits per heavy atom. The first-order chi connectivity index (χ1) is 19.4. The van der Waals surface area contributed by atoms with Gasteiger partial charge in [-0.05, 0) is 30.9 Å². The van der Waals surface area contributed by atoms with E-state index >= 15 is 0 Å². The van der Waals surface area contributed by atoms with Gasteiger partial charge in [-0.25, -0.2) is 0 Å². The van der Waals surface area contributed by atoms with Crippen LogP contribution in [0.3, 0.4) is 0 Å². The van der Waals surface area contributed by atoms with Crippen molar-refractivity contribution in [3.05, 3.63) is 54.6 Å². The Bertz CT molecular complexity index is 1190. The van der Waals surface area contributed by atoms with Crippen LogP contribution in [0.25, 0.3) is 0 Å². The number of carbonyl (C=O) groups excluding carboxylic acids is 3. The fourth-order valence-corrected chi connectivity index (χ4v) is 7.83. The molecular weight excluding hydrogens is 506 g/mol. The van der Waals surface area contributed by atoms with E-state index in [4.69, 9.17) is 4.74 Å². The molecule has 8 heteroatoms. The van der Waals surface area contributed by atoms with Crippen molar-refractivity contribution in [1.29, 1.82) is 0 Å². The number of fused-ring (bicyclic) bond motifs is 2. The largest absolute Gasteiger partial charge is 0.394 e. The second-order valence-corrected chi connectivity index (χ2v) is 12.1. The van der Waals surface area contributed by atoms with Crippen molar-refractivity contribution in [1.82, 2.24) is 9.80 Å². The van der Waals surface area contributed by atoms with Crippen molar-refractivity contribution in [2.45, 2.75) is 82.2 Å². The third kappa shape index (κ3) is 4.14. The van der Waals surface area contributed by atoms with E-state index in [9.17, 15) is 19.5 Å². The summed E-state index contributed by atoms with van der Waals surface area (Å²) in [5.41, 5.74) is -0.505. The monoisotopic (exact) mass is 547 g/mol.